The van der Waals surface area contributed by atoms with E-state index in [2.05, 4.69) is 43.2 Å². The summed E-state index contributed by atoms with van der Waals surface area (Å²) in [6.07, 6.45) is 0.925. The fraction of sp³-hybridized carbons (Fsp3) is 0.333. The minimum Gasteiger partial charge on any atom is -0.379 e. The van der Waals surface area contributed by atoms with Gasteiger partial charge in [-0.15, -0.1) is 0 Å². The maximum Gasteiger partial charge on any atom is 0.273 e. The molecule has 0 spiro atoms. The summed E-state index contributed by atoms with van der Waals surface area (Å²) in [4.78, 5) is 17.8. The van der Waals surface area contributed by atoms with Gasteiger partial charge in [-0.3, -0.25) is 14.8 Å². The Morgan fingerprint density at radius 3 is 2.65 bits per heavy atom. The monoisotopic (exact) mass is 480 g/mol. The van der Waals surface area contributed by atoms with E-state index in [0.717, 1.165) is 66.1 Å². The number of aromatic nitrogens is 2. The topological polar surface area (TPSA) is 61.5 Å². The molecule has 7 heteroatoms. The first-order valence-corrected chi connectivity index (χ1v) is 11.5. The summed E-state index contributed by atoms with van der Waals surface area (Å²) < 4.78 is 6.45. The molecular weight excluding hydrogens is 456 g/mol. The van der Waals surface area contributed by atoms with Gasteiger partial charge in [-0.1, -0.05) is 58.4 Å². The van der Waals surface area contributed by atoms with E-state index in [1.807, 2.05) is 47.4 Å². The molecule has 0 aliphatic carbocycles. The summed E-state index contributed by atoms with van der Waals surface area (Å²) >= 11 is 3.60. The summed E-state index contributed by atoms with van der Waals surface area (Å²) in [5, 5.41) is 7.58. The molecule has 2 aliphatic rings. The van der Waals surface area contributed by atoms with Crippen LogP contribution < -0.4 is 0 Å². The first-order valence-electron chi connectivity index (χ1n) is 10.7. The second kappa shape index (κ2) is 8.94. The number of halogens is 1. The molecule has 1 atom stereocenters. The van der Waals surface area contributed by atoms with Gasteiger partial charge in [-0.25, -0.2) is 0 Å². The van der Waals surface area contributed by atoms with Crippen molar-refractivity contribution in [3.05, 3.63) is 75.9 Å². The van der Waals surface area contributed by atoms with E-state index in [4.69, 9.17) is 4.74 Å². The zero-order chi connectivity index (χ0) is 21.2. The zero-order valence-corrected chi connectivity index (χ0v) is 18.8. The number of ether oxygens (including phenoxy) is 1. The Hall–Kier alpha value is -2.48. The molecule has 160 valence electrons. The van der Waals surface area contributed by atoms with E-state index in [1.165, 1.54) is 0 Å². The minimum atomic E-state index is -0.154. The van der Waals surface area contributed by atoms with Crippen LogP contribution in [-0.4, -0.2) is 65.3 Å². The lowest BCUT2D eigenvalue weighted by atomic mass is 9.96. The number of H-pyrrole nitrogens is 1. The van der Waals surface area contributed by atoms with Crippen LogP contribution in [0.15, 0.2) is 59.1 Å². The molecular formula is C24H25BrN4O2. The van der Waals surface area contributed by atoms with Crippen molar-refractivity contribution < 1.29 is 9.53 Å². The Balaban J connectivity index is 1.47. The Morgan fingerprint density at radius 1 is 1.06 bits per heavy atom. The van der Waals surface area contributed by atoms with Gasteiger partial charge in [0, 0.05) is 41.8 Å². The van der Waals surface area contributed by atoms with Gasteiger partial charge >= 0.3 is 0 Å². The van der Waals surface area contributed by atoms with Crippen molar-refractivity contribution in [1.82, 2.24) is 20.0 Å². The number of carbonyl (C=O) groups is 1. The third kappa shape index (κ3) is 4.05. The SMILES string of the molecule is O=C1c2[nH]nc(-c3ccccc3)c2C(c2cccc(Br)c2)N1CCCN1CCOCC1. The Kier molecular flexibility index (Phi) is 5.89. The second-order valence-corrected chi connectivity index (χ2v) is 8.91. The van der Waals surface area contributed by atoms with Crippen LogP contribution in [0.4, 0.5) is 0 Å². The average Bonchev–Trinajstić information content (AvgIpc) is 3.34. The van der Waals surface area contributed by atoms with Crippen LogP contribution in [0, 0.1) is 0 Å². The van der Waals surface area contributed by atoms with Gasteiger partial charge in [0.2, 0.25) is 0 Å². The first-order chi connectivity index (χ1) is 15.2. The van der Waals surface area contributed by atoms with E-state index < -0.39 is 0 Å². The molecule has 5 rings (SSSR count). The molecule has 0 bridgehead atoms. The van der Waals surface area contributed by atoms with Crippen LogP contribution in [-0.2, 0) is 4.74 Å². The number of hydrogen-bond acceptors (Lipinski definition) is 4. The van der Waals surface area contributed by atoms with Gasteiger partial charge in [-0.05, 0) is 24.1 Å². The van der Waals surface area contributed by atoms with Gasteiger partial charge in [0.1, 0.15) is 5.69 Å². The smallest absolute Gasteiger partial charge is 0.273 e. The molecule has 1 fully saturated rings. The molecule has 6 nitrogen and oxygen atoms in total. The Labute approximate surface area is 190 Å². The lowest BCUT2D eigenvalue weighted by Crippen LogP contribution is -2.38. The van der Waals surface area contributed by atoms with Crippen LogP contribution in [0.5, 0.6) is 0 Å². The lowest BCUT2D eigenvalue weighted by molar-refractivity contribution is 0.0354. The number of morpholine rings is 1. The normalized spacial score (nSPS) is 19.1. The summed E-state index contributed by atoms with van der Waals surface area (Å²) in [5.41, 5.74) is 4.54. The van der Waals surface area contributed by atoms with E-state index in [0.29, 0.717) is 12.2 Å². The highest BCUT2D eigenvalue weighted by molar-refractivity contribution is 9.10. The molecule has 2 aliphatic heterocycles. The van der Waals surface area contributed by atoms with E-state index >= 15 is 0 Å². The predicted molar refractivity (Wildman–Crippen MR) is 123 cm³/mol. The summed E-state index contributed by atoms with van der Waals surface area (Å²) in [7, 11) is 0. The number of carbonyl (C=O) groups excluding carboxylic acids is 1. The fourth-order valence-electron chi connectivity index (χ4n) is 4.56. The molecule has 3 aromatic rings. The average molecular weight is 481 g/mol. The van der Waals surface area contributed by atoms with Gasteiger partial charge in [-0.2, -0.15) is 5.10 Å². The number of benzene rings is 2. The molecule has 1 saturated heterocycles. The molecule has 2 aromatic carbocycles. The van der Waals surface area contributed by atoms with Gasteiger partial charge in [0.15, 0.2) is 0 Å². The molecule has 1 unspecified atom stereocenters. The number of fused-ring (bicyclic) bond motifs is 1. The Morgan fingerprint density at radius 2 is 1.87 bits per heavy atom. The fourth-order valence-corrected chi connectivity index (χ4v) is 4.97. The quantitative estimate of drug-likeness (QED) is 0.576. The van der Waals surface area contributed by atoms with Gasteiger partial charge in [0.05, 0.1) is 24.9 Å². The minimum absolute atomic E-state index is 0.0247. The molecule has 3 heterocycles. The van der Waals surface area contributed by atoms with Crippen molar-refractivity contribution in [3.63, 3.8) is 0 Å². The lowest BCUT2D eigenvalue weighted by Gasteiger charge is -2.29. The number of amides is 1. The molecule has 1 aromatic heterocycles. The molecule has 0 radical (unpaired) electrons. The van der Waals surface area contributed by atoms with Crippen molar-refractivity contribution >= 4 is 21.8 Å². The molecule has 1 N–H and O–H groups in total. The maximum absolute atomic E-state index is 13.4. The summed E-state index contributed by atoms with van der Waals surface area (Å²) in [5.74, 6) is 0.0247. The third-order valence-corrected chi connectivity index (χ3v) is 6.55. The number of nitrogens with zero attached hydrogens (tertiary/aromatic N) is 3. The van der Waals surface area contributed by atoms with E-state index in [9.17, 15) is 4.79 Å². The number of aromatic amines is 1. The van der Waals surface area contributed by atoms with Crippen LogP contribution in [0.3, 0.4) is 0 Å². The van der Waals surface area contributed by atoms with Gasteiger partial charge < -0.3 is 9.64 Å². The standard InChI is InChI=1S/C24H25BrN4O2/c25-19-9-4-8-18(16-19)23-20-21(17-6-2-1-3-7-17)26-27-22(20)24(30)29(23)11-5-10-28-12-14-31-15-13-28/h1-4,6-9,16,23H,5,10-15H2,(H,26,27). The largest absolute Gasteiger partial charge is 0.379 e. The summed E-state index contributed by atoms with van der Waals surface area (Å²) in [6, 6.07) is 18.2. The van der Waals surface area contributed by atoms with E-state index in [1.54, 1.807) is 0 Å². The van der Waals surface area contributed by atoms with Crippen molar-refractivity contribution in [2.45, 2.75) is 12.5 Å². The van der Waals surface area contributed by atoms with Crippen molar-refractivity contribution in [1.29, 1.82) is 0 Å². The van der Waals surface area contributed by atoms with Gasteiger partial charge in [0.25, 0.3) is 5.91 Å². The van der Waals surface area contributed by atoms with E-state index in [-0.39, 0.29) is 11.9 Å². The zero-order valence-electron chi connectivity index (χ0n) is 17.3. The van der Waals surface area contributed by atoms with Crippen molar-refractivity contribution in [2.24, 2.45) is 0 Å². The maximum atomic E-state index is 13.4. The van der Waals surface area contributed by atoms with Crippen molar-refractivity contribution in [3.8, 4) is 11.3 Å². The molecule has 0 saturated carbocycles. The highest BCUT2D eigenvalue weighted by Crippen LogP contribution is 2.43. The van der Waals surface area contributed by atoms with Crippen LogP contribution >= 0.6 is 15.9 Å². The predicted octanol–water partition coefficient (Wildman–Crippen LogP) is 4.11. The first kappa shape index (κ1) is 20.4. The van der Waals surface area contributed by atoms with Crippen molar-refractivity contribution in [2.75, 3.05) is 39.4 Å². The number of hydrogen-bond donors (Lipinski definition) is 1. The van der Waals surface area contributed by atoms with Crippen LogP contribution in [0.2, 0.25) is 0 Å². The summed E-state index contributed by atoms with van der Waals surface area (Å²) in [6.45, 7) is 5.18. The highest BCUT2D eigenvalue weighted by Gasteiger charge is 2.41. The number of nitrogens with one attached hydrogen (secondary N) is 1. The highest BCUT2D eigenvalue weighted by atomic mass is 79.9. The third-order valence-electron chi connectivity index (χ3n) is 6.05. The number of rotatable bonds is 6. The Bertz CT molecular complexity index is 1060. The molecule has 1 amide bonds. The van der Waals surface area contributed by atoms with Crippen LogP contribution in [0.25, 0.3) is 11.3 Å². The molecule has 31 heavy (non-hydrogen) atoms. The van der Waals surface area contributed by atoms with Crippen LogP contribution in [0.1, 0.15) is 34.1 Å². The second-order valence-electron chi connectivity index (χ2n) is 7.99.